The predicted octanol–water partition coefficient (Wildman–Crippen LogP) is 1.48. The van der Waals surface area contributed by atoms with E-state index < -0.39 is 23.9 Å². The maximum Gasteiger partial charge on any atom is 0.410 e. The van der Waals surface area contributed by atoms with Crippen molar-refractivity contribution in [1.29, 1.82) is 0 Å². The monoisotopic (exact) mass is 317 g/mol. The Kier molecular flexibility index (Phi) is 9.44. The first-order valence-corrected chi connectivity index (χ1v) is 7.36. The molecule has 7 nitrogen and oxygen atoms in total. The first kappa shape index (κ1) is 20.4. The van der Waals surface area contributed by atoms with Gasteiger partial charge in [-0.05, 0) is 33.6 Å². The van der Waals surface area contributed by atoms with Crippen molar-refractivity contribution in [2.75, 3.05) is 13.2 Å². The third-order valence-corrected chi connectivity index (χ3v) is 2.96. The molecule has 2 unspecified atom stereocenters. The number of aliphatic hydroxyl groups excluding tert-OH is 2. The van der Waals surface area contributed by atoms with Crippen molar-refractivity contribution >= 4 is 12.1 Å². The molecule has 3 N–H and O–H groups in total. The van der Waals surface area contributed by atoms with Crippen LogP contribution in [0.2, 0.25) is 0 Å². The van der Waals surface area contributed by atoms with Crippen LogP contribution in [-0.2, 0) is 14.3 Å². The van der Waals surface area contributed by atoms with Gasteiger partial charge in [-0.1, -0.05) is 13.0 Å². The van der Waals surface area contributed by atoms with Crippen molar-refractivity contribution in [3.63, 3.8) is 0 Å². The number of rotatable bonds is 10. The minimum Gasteiger partial charge on any atom is -0.450 e. The van der Waals surface area contributed by atoms with E-state index in [9.17, 15) is 14.7 Å². The highest BCUT2D eigenvalue weighted by Crippen LogP contribution is 2.19. The highest BCUT2D eigenvalue weighted by Gasteiger charge is 2.31. The summed E-state index contributed by atoms with van der Waals surface area (Å²) in [7, 11) is 0. The first-order valence-electron chi connectivity index (χ1n) is 7.36. The summed E-state index contributed by atoms with van der Waals surface area (Å²) in [5.41, 5.74) is -0.987. The van der Waals surface area contributed by atoms with E-state index in [-0.39, 0.29) is 18.8 Å². The van der Waals surface area contributed by atoms with Crippen LogP contribution in [0.15, 0.2) is 12.2 Å². The minimum atomic E-state index is -1.22. The van der Waals surface area contributed by atoms with Gasteiger partial charge < -0.3 is 19.7 Å². The Morgan fingerprint density at radius 1 is 1.36 bits per heavy atom. The lowest BCUT2D eigenvalue weighted by molar-refractivity contribution is -0.156. The molecule has 0 fully saturated rings. The van der Waals surface area contributed by atoms with Gasteiger partial charge in [0.1, 0.15) is 0 Å². The number of hydrogen-bond acceptors (Lipinski definition) is 6. The molecule has 0 aliphatic carbocycles. The summed E-state index contributed by atoms with van der Waals surface area (Å²) in [5, 5.41) is 20.6. The normalized spacial score (nSPS) is 14.6. The van der Waals surface area contributed by atoms with Crippen LogP contribution in [0.5, 0.6) is 0 Å². The van der Waals surface area contributed by atoms with Crippen LogP contribution in [0.4, 0.5) is 4.79 Å². The molecule has 1 amide bonds. The summed E-state index contributed by atoms with van der Waals surface area (Å²) >= 11 is 0. The Morgan fingerprint density at radius 3 is 2.50 bits per heavy atom. The second-order valence-corrected chi connectivity index (χ2v) is 5.33. The lowest BCUT2D eigenvalue weighted by atomic mass is 10.0. The Hall–Kier alpha value is -1.60. The average Bonchev–Trinajstić information content (AvgIpc) is 2.43. The topological polar surface area (TPSA) is 105 Å². The third kappa shape index (κ3) is 8.63. The molecule has 2 atom stereocenters. The summed E-state index contributed by atoms with van der Waals surface area (Å²) in [6.07, 6.45) is 0.552. The lowest BCUT2D eigenvalue weighted by Crippen LogP contribution is -2.49. The molecule has 0 aromatic carbocycles. The van der Waals surface area contributed by atoms with E-state index >= 15 is 0 Å². The van der Waals surface area contributed by atoms with E-state index in [1.807, 2.05) is 0 Å². The number of carbonyl (C=O) groups excluding carboxylic acids is 2. The average molecular weight is 317 g/mol. The van der Waals surface area contributed by atoms with Crippen molar-refractivity contribution in [2.24, 2.45) is 0 Å². The van der Waals surface area contributed by atoms with Crippen molar-refractivity contribution < 1.29 is 29.3 Å². The molecular formula is C15H27NO6. The van der Waals surface area contributed by atoms with Gasteiger partial charge in [-0.25, -0.2) is 9.59 Å². The number of amides is 1. The molecule has 0 heterocycles. The van der Waals surface area contributed by atoms with E-state index in [4.69, 9.17) is 14.6 Å². The van der Waals surface area contributed by atoms with Crippen molar-refractivity contribution in [3.05, 3.63) is 12.2 Å². The Balaban J connectivity index is 4.59. The van der Waals surface area contributed by atoms with Crippen molar-refractivity contribution in [2.45, 2.75) is 58.3 Å². The van der Waals surface area contributed by atoms with Crippen LogP contribution in [0.1, 0.15) is 46.5 Å². The zero-order valence-corrected chi connectivity index (χ0v) is 13.6. The lowest BCUT2D eigenvalue weighted by Gasteiger charge is -2.30. The fourth-order valence-corrected chi connectivity index (χ4v) is 1.75. The summed E-state index contributed by atoms with van der Waals surface area (Å²) in [6, 6.07) is 0. The number of aliphatic hydroxyl groups is 2. The number of alkyl carbamates (subject to hydrolysis) is 1. The molecule has 7 heteroatoms. The fourth-order valence-electron chi connectivity index (χ4n) is 1.75. The molecule has 0 rings (SSSR count). The van der Waals surface area contributed by atoms with Crippen LogP contribution < -0.4 is 5.32 Å². The van der Waals surface area contributed by atoms with Crippen molar-refractivity contribution in [1.82, 2.24) is 5.32 Å². The van der Waals surface area contributed by atoms with E-state index in [1.54, 1.807) is 13.8 Å². The van der Waals surface area contributed by atoms with E-state index in [0.29, 0.717) is 25.7 Å². The molecule has 0 aliphatic rings. The molecule has 0 aromatic rings. The highest BCUT2D eigenvalue weighted by molar-refractivity contribution is 5.87. The van der Waals surface area contributed by atoms with Gasteiger partial charge >= 0.3 is 12.1 Å². The molecule has 22 heavy (non-hydrogen) atoms. The van der Waals surface area contributed by atoms with Gasteiger partial charge in [-0.2, -0.15) is 0 Å². The number of hydrogen-bond donors (Lipinski definition) is 3. The SMILES string of the molecule is C=C(C)C(=O)OC(C)(CCCCC(O)CO)NC(=O)OCC. The number of unbranched alkanes of at least 4 members (excludes halogenated alkanes) is 1. The van der Waals surface area contributed by atoms with Crippen molar-refractivity contribution in [3.8, 4) is 0 Å². The zero-order chi connectivity index (χ0) is 17.2. The van der Waals surface area contributed by atoms with Gasteiger partial charge in [0, 0.05) is 12.0 Å². The fraction of sp³-hybridized carbons (Fsp3) is 0.733. The molecule has 0 radical (unpaired) electrons. The van der Waals surface area contributed by atoms with Crippen LogP contribution in [-0.4, -0.2) is 47.3 Å². The largest absolute Gasteiger partial charge is 0.450 e. The highest BCUT2D eigenvalue weighted by atomic mass is 16.6. The number of carbonyl (C=O) groups is 2. The Labute approximate surface area is 131 Å². The quantitative estimate of drug-likeness (QED) is 0.244. The van der Waals surface area contributed by atoms with E-state index in [2.05, 4.69) is 11.9 Å². The van der Waals surface area contributed by atoms with Gasteiger partial charge in [0.05, 0.1) is 19.3 Å². The summed E-state index contributed by atoms with van der Waals surface area (Å²) in [6.45, 7) is 8.19. The van der Waals surface area contributed by atoms with Gasteiger partial charge in [-0.3, -0.25) is 5.32 Å². The Morgan fingerprint density at radius 2 is 2.00 bits per heavy atom. The molecule has 128 valence electrons. The second kappa shape index (κ2) is 10.2. The molecule has 0 spiro atoms. The number of nitrogens with one attached hydrogen (secondary N) is 1. The predicted molar refractivity (Wildman–Crippen MR) is 81.0 cm³/mol. The summed E-state index contributed by atoms with van der Waals surface area (Å²) in [4.78, 5) is 23.3. The molecule has 0 bridgehead atoms. The van der Waals surface area contributed by atoms with Gasteiger partial charge in [0.25, 0.3) is 0 Å². The summed E-state index contributed by atoms with van der Waals surface area (Å²) in [5.74, 6) is -0.602. The van der Waals surface area contributed by atoms with Crippen LogP contribution in [0.25, 0.3) is 0 Å². The first-order chi connectivity index (χ1) is 10.2. The van der Waals surface area contributed by atoms with Crippen LogP contribution >= 0.6 is 0 Å². The number of esters is 1. The maximum atomic E-state index is 11.7. The standard InChI is InChI=1S/C15H27NO6/c1-5-21-14(20)16-15(4,22-13(19)11(2)3)9-7-6-8-12(18)10-17/h12,17-18H,2,5-10H2,1,3-4H3,(H,16,20). The smallest absolute Gasteiger partial charge is 0.410 e. The zero-order valence-electron chi connectivity index (χ0n) is 13.6. The van der Waals surface area contributed by atoms with E-state index in [1.165, 1.54) is 6.92 Å². The van der Waals surface area contributed by atoms with Gasteiger partial charge in [-0.15, -0.1) is 0 Å². The number of ether oxygens (including phenoxy) is 2. The molecule has 0 saturated heterocycles. The third-order valence-electron chi connectivity index (χ3n) is 2.96. The molecule has 0 aliphatic heterocycles. The minimum absolute atomic E-state index is 0.207. The Bertz CT molecular complexity index is 384. The second-order valence-electron chi connectivity index (χ2n) is 5.33. The molecule has 0 aromatic heterocycles. The van der Waals surface area contributed by atoms with Crippen LogP contribution in [0.3, 0.4) is 0 Å². The van der Waals surface area contributed by atoms with Crippen LogP contribution in [0, 0.1) is 0 Å². The molecule has 0 saturated carbocycles. The maximum absolute atomic E-state index is 11.7. The van der Waals surface area contributed by atoms with Gasteiger partial charge in [0.2, 0.25) is 0 Å². The van der Waals surface area contributed by atoms with E-state index in [0.717, 1.165) is 0 Å². The van der Waals surface area contributed by atoms with Gasteiger partial charge in [0.15, 0.2) is 5.72 Å². The summed E-state index contributed by atoms with van der Waals surface area (Å²) < 4.78 is 10.1. The molecular weight excluding hydrogens is 290 g/mol.